The Morgan fingerprint density at radius 3 is 2.74 bits per heavy atom. The highest BCUT2D eigenvalue weighted by Gasteiger charge is 2.51. The zero-order chi connectivity index (χ0) is 19.3. The van der Waals surface area contributed by atoms with E-state index in [-0.39, 0.29) is 10.9 Å². The number of aliphatic hydroxyl groups excluding tert-OH is 3. The van der Waals surface area contributed by atoms with E-state index in [2.05, 4.69) is 10.3 Å². The molecule has 3 aliphatic rings. The number of ether oxygens (including phenoxy) is 1. The van der Waals surface area contributed by atoms with Crippen molar-refractivity contribution in [2.45, 2.75) is 36.8 Å². The topological polar surface area (TPSA) is 115 Å². The second-order valence-electron chi connectivity index (χ2n) is 6.61. The smallest absolute Gasteiger partial charge is 0.236 e. The number of nitrogens with zero attached hydrogens (tertiary/aromatic N) is 2. The summed E-state index contributed by atoms with van der Waals surface area (Å²) in [7, 11) is 0. The quantitative estimate of drug-likeness (QED) is 0.570. The third-order valence-corrected chi connectivity index (χ3v) is 5.73. The van der Waals surface area contributed by atoms with Gasteiger partial charge in [0.25, 0.3) is 0 Å². The van der Waals surface area contributed by atoms with Crippen molar-refractivity contribution in [3.63, 3.8) is 0 Å². The third-order valence-electron chi connectivity index (χ3n) is 4.99. The number of carbonyl (C=O) groups is 1. The van der Waals surface area contributed by atoms with Gasteiger partial charge in [0.2, 0.25) is 5.91 Å². The highest BCUT2D eigenvalue weighted by atomic mass is 35.5. The first-order valence-corrected chi connectivity index (χ1v) is 9.06. The zero-order valence-electron chi connectivity index (χ0n) is 13.8. The minimum Gasteiger partial charge on any atom is -0.387 e. The highest BCUT2D eigenvalue weighted by Crippen LogP contribution is 2.37. The van der Waals surface area contributed by atoms with Crippen molar-refractivity contribution >= 4 is 35.4 Å². The van der Waals surface area contributed by atoms with Crippen LogP contribution in [-0.4, -0.2) is 63.2 Å². The van der Waals surface area contributed by atoms with Crippen LogP contribution in [0, 0.1) is 5.92 Å². The van der Waals surface area contributed by atoms with Gasteiger partial charge < -0.3 is 30.3 Å². The number of rotatable bonds is 3. The molecule has 0 spiro atoms. The number of carbonyl (C=O) groups excluding carboxylic acids is 1. The lowest BCUT2D eigenvalue weighted by molar-refractivity contribution is -0.129. The van der Waals surface area contributed by atoms with Gasteiger partial charge in [-0.1, -0.05) is 35.3 Å². The summed E-state index contributed by atoms with van der Waals surface area (Å²) in [6.07, 6.45) is -2.00. The largest absolute Gasteiger partial charge is 0.387 e. The summed E-state index contributed by atoms with van der Waals surface area (Å²) in [5.41, 5.74) is 0.395. The maximum Gasteiger partial charge on any atom is 0.236 e. The van der Waals surface area contributed by atoms with Crippen molar-refractivity contribution in [3.05, 3.63) is 46.1 Å². The molecular weight excluding hydrogens is 397 g/mol. The normalized spacial score (nSPS) is 36.0. The molecule has 0 aromatic heterocycles. The van der Waals surface area contributed by atoms with Crippen molar-refractivity contribution in [3.8, 4) is 0 Å². The molecule has 1 amide bonds. The predicted octanol–water partition coefficient (Wildman–Crippen LogP) is 0.403. The number of fused-ring (bicyclic) bond motifs is 1. The van der Waals surface area contributed by atoms with Gasteiger partial charge in [-0.15, -0.1) is 0 Å². The van der Waals surface area contributed by atoms with Gasteiger partial charge in [-0.2, -0.15) is 0 Å². The van der Waals surface area contributed by atoms with E-state index in [4.69, 9.17) is 27.9 Å². The maximum absolute atomic E-state index is 11.9. The van der Waals surface area contributed by atoms with Gasteiger partial charge >= 0.3 is 0 Å². The maximum atomic E-state index is 11.9. The predicted molar refractivity (Wildman–Crippen MR) is 97.0 cm³/mol. The van der Waals surface area contributed by atoms with Gasteiger partial charge in [0.1, 0.15) is 30.6 Å². The standard InChI is InChI=1S/C17H17Cl2N3O5/c18-9-2-1-7(5-10(9)19)11(23)14-12(24)13(25)17(27-14)22-4-3-8-15(22)20-6-21-16(8)26/h1-6,8,11-15,17,23-25H,(H,20,21,26)/t8?,11-,12+,13-,14-,15?,17-/m1/s1. The lowest BCUT2D eigenvalue weighted by atomic mass is 9.99. The first kappa shape index (κ1) is 18.7. The number of hydrogen-bond donors (Lipinski definition) is 4. The molecule has 4 N–H and O–H groups in total. The Bertz CT molecular complexity index is 820. The molecular formula is C17H17Cl2N3O5. The van der Waals surface area contributed by atoms with Crippen LogP contribution in [0.2, 0.25) is 10.0 Å². The van der Waals surface area contributed by atoms with Gasteiger partial charge in [-0.3, -0.25) is 4.79 Å². The molecule has 8 nitrogen and oxygen atoms in total. The van der Waals surface area contributed by atoms with Crippen molar-refractivity contribution in [2.24, 2.45) is 10.9 Å². The summed E-state index contributed by atoms with van der Waals surface area (Å²) in [5, 5.41) is 34.6. The van der Waals surface area contributed by atoms with Crippen molar-refractivity contribution in [1.29, 1.82) is 0 Å². The van der Waals surface area contributed by atoms with Gasteiger partial charge in [-0.05, 0) is 17.7 Å². The summed E-state index contributed by atoms with van der Waals surface area (Å²) >= 11 is 11.9. The summed E-state index contributed by atoms with van der Waals surface area (Å²) in [5.74, 6) is -0.726. The van der Waals surface area contributed by atoms with Gasteiger partial charge in [0.05, 0.1) is 22.3 Å². The molecule has 0 saturated carbocycles. The molecule has 1 aromatic rings. The van der Waals surface area contributed by atoms with Crippen LogP contribution in [0.1, 0.15) is 11.7 Å². The fraction of sp³-hybridized carbons (Fsp3) is 0.412. The van der Waals surface area contributed by atoms with Gasteiger partial charge in [0.15, 0.2) is 6.23 Å². The van der Waals surface area contributed by atoms with E-state index >= 15 is 0 Å². The van der Waals surface area contributed by atoms with Crippen LogP contribution in [0.4, 0.5) is 0 Å². The summed E-state index contributed by atoms with van der Waals surface area (Å²) in [6.45, 7) is 0. The van der Waals surface area contributed by atoms with E-state index in [0.717, 1.165) is 0 Å². The fourth-order valence-corrected chi connectivity index (χ4v) is 3.85. The molecule has 3 heterocycles. The molecule has 0 aliphatic carbocycles. The Morgan fingerprint density at radius 1 is 1.22 bits per heavy atom. The molecule has 10 heteroatoms. The van der Waals surface area contributed by atoms with Gasteiger partial charge in [-0.25, -0.2) is 4.99 Å². The Hall–Kier alpha value is -1.68. The lowest BCUT2D eigenvalue weighted by Gasteiger charge is -2.33. The molecule has 0 bridgehead atoms. The van der Waals surface area contributed by atoms with Crippen LogP contribution in [0.5, 0.6) is 0 Å². The Balaban J connectivity index is 1.55. The van der Waals surface area contributed by atoms with Crippen LogP contribution in [0.15, 0.2) is 35.5 Å². The van der Waals surface area contributed by atoms with Crippen molar-refractivity contribution < 1.29 is 24.9 Å². The number of benzene rings is 1. The van der Waals surface area contributed by atoms with Crippen molar-refractivity contribution in [2.75, 3.05) is 0 Å². The van der Waals surface area contributed by atoms with E-state index in [0.29, 0.717) is 10.6 Å². The Labute approximate surface area is 164 Å². The van der Waals surface area contributed by atoms with E-state index in [1.165, 1.54) is 18.5 Å². The molecule has 1 aromatic carbocycles. The van der Waals surface area contributed by atoms with Crippen LogP contribution in [0.3, 0.4) is 0 Å². The summed E-state index contributed by atoms with van der Waals surface area (Å²) < 4.78 is 5.78. The number of amides is 1. The van der Waals surface area contributed by atoms with Crippen LogP contribution in [0.25, 0.3) is 0 Å². The van der Waals surface area contributed by atoms with Crippen LogP contribution >= 0.6 is 23.2 Å². The van der Waals surface area contributed by atoms with E-state index in [9.17, 15) is 20.1 Å². The second kappa shape index (κ2) is 7.05. The number of halogens is 2. The summed E-state index contributed by atoms with van der Waals surface area (Å²) in [6, 6.07) is 4.57. The van der Waals surface area contributed by atoms with E-state index < -0.39 is 42.7 Å². The van der Waals surface area contributed by atoms with Gasteiger partial charge in [0, 0.05) is 6.20 Å². The number of hydrogen-bond acceptors (Lipinski definition) is 7. The van der Waals surface area contributed by atoms with Crippen molar-refractivity contribution in [1.82, 2.24) is 10.2 Å². The average Bonchev–Trinajstić information content (AvgIpc) is 3.20. The third kappa shape index (κ3) is 3.12. The Morgan fingerprint density at radius 2 is 2.00 bits per heavy atom. The highest BCUT2D eigenvalue weighted by molar-refractivity contribution is 6.42. The van der Waals surface area contributed by atoms with E-state index in [1.54, 1.807) is 23.2 Å². The molecule has 7 atom stereocenters. The number of aliphatic hydroxyl groups is 3. The monoisotopic (exact) mass is 413 g/mol. The first-order chi connectivity index (χ1) is 12.9. The molecule has 2 unspecified atom stereocenters. The molecule has 0 radical (unpaired) electrons. The molecule has 144 valence electrons. The summed E-state index contributed by atoms with van der Waals surface area (Å²) in [4.78, 5) is 17.7. The van der Waals surface area contributed by atoms with E-state index in [1.807, 2.05) is 0 Å². The number of nitrogens with one attached hydrogen (secondary N) is 1. The SMILES string of the molecule is O=C1NC=NC2C1C=CN2[C@@H]1O[C@H]([C@H](O)c2ccc(Cl)c(Cl)c2)[C@@H](O)[C@H]1O. The second-order valence-corrected chi connectivity index (χ2v) is 7.42. The average molecular weight is 414 g/mol. The molecule has 3 aliphatic heterocycles. The Kier molecular flexibility index (Phi) is 4.87. The molecule has 4 rings (SSSR count). The molecule has 1 saturated heterocycles. The zero-order valence-corrected chi connectivity index (χ0v) is 15.3. The first-order valence-electron chi connectivity index (χ1n) is 8.31. The fourth-order valence-electron chi connectivity index (χ4n) is 3.55. The lowest BCUT2D eigenvalue weighted by Crippen LogP contribution is -2.50. The minimum absolute atomic E-state index is 0.214. The van der Waals surface area contributed by atoms with Crippen LogP contribution in [-0.2, 0) is 9.53 Å². The minimum atomic E-state index is -1.35. The molecule has 27 heavy (non-hydrogen) atoms. The van der Waals surface area contributed by atoms with Crippen LogP contribution < -0.4 is 5.32 Å². The number of aliphatic imine (C=N–C) groups is 1. The molecule has 1 fully saturated rings.